The molecule has 3 aromatic rings. The topological polar surface area (TPSA) is 68.2 Å². The van der Waals surface area contributed by atoms with Crippen LogP contribution in [-0.4, -0.2) is 13.0 Å². The Morgan fingerprint density at radius 2 is 1.84 bits per heavy atom. The minimum absolute atomic E-state index is 0.110. The Morgan fingerprint density at radius 3 is 2.52 bits per heavy atom. The van der Waals surface area contributed by atoms with Crippen molar-refractivity contribution in [1.29, 1.82) is 0 Å². The van der Waals surface area contributed by atoms with E-state index in [1.54, 1.807) is 19.2 Å². The van der Waals surface area contributed by atoms with E-state index in [1.807, 2.05) is 39.0 Å². The molecule has 0 fully saturated rings. The van der Waals surface area contributed by atoms with Gasteiger partial charge in [-0.15, -0.1) is 0 Å². The Morgan fingerprint density at radius 1 is 1.12 bits per heavy atom. The molecular weight excluding hydrogens is 356 g/mol. The fraction of sp³-hybridized carbons (Fsp3) is 0.278. The van der Waals surface area contributed by atoms with Gasteiger partial charge in [-0.3, -0.25) is 4.79 Å². The second-order valence-electron chi connectivity index (χ2n) is 6.26. The van der Waals surface area contributed by atoms with Crippen LogP contribution in [0.1, 0.15) is 29.7 Å². The molecule has 0 radical (unpaired) electrons. The molecule has 0 saturated heterocycles. The summed E-state index contributed by atoms with van der Waals surface area (Å²) in [5.74, 6) is 0. The molecule has 0 bridgehead atoms. The van der Waals surface area contributed by atoms with Crippen molar-refractivity contribution >= 4 is 31.6 Å². The Hall–Kier alpha value is -1.96. The number of benzene rings is 2. The summed E-state index contributed by atoms with van der Waals surface area (Å²) in [5.41, 5.74) is 3.86. The molecule has 3 rings (SSSR count). The SMILES string of the molecule is Cc1ccc(C(C)NS(=O)(=O)c2ccc3c(c2)sc(=O)n3C)c(C)c1. The molecule has 1 unspecified atom stereocenters. The van der Waals surface area contributed by atoms with Crippen molar-refractivity contribution in [3.63, 3.8) is 0 Å². The Kier molecular flexibility index (Phi) is 4.57. The molecule has 0 saturated carbocycles. The van der Waals surface area contributed by atoms with E-state index in [4.69, 9.17) is 0 Å². The van der Waals surface area contributed by atoms with Gasteiger partial charge in [0.05, 0.1) is 15.1 Å². The van der Waals surface area contributed by atoms with Crippen molar-refractivity contribution in [3.8, 4) is 0 Å². The first kappa shape index (κ1) is 17.8. The van der Waals surface area contributed by atoms with Crippen LogP contribution in [-0.2, 0) is 17.1 Å². The summed E-state index contributed by atoms with van der Waals surface area (Å²) < 4.78 is 30.4. The molecule has 7 heteroatoms. The number of nitrogens with one attached hydrogen (secondary N) is 1. The van der Waals surface area contributed by atoms with Gasteiger partial charge in [0.1, 0.15) is 0 Å². The predicted molar refractivity (Wildman–Crippen MR) is 102 cm³/mol. The van der Waals surface area contributed by atoms with Gasteiger partial charge < -0.3 is 4.57 Å². The monoisotopic (exact) mass is 376 g/mol. The quantitative estimate of drug-likeness (QED) is 0.760. The minimum Gasteiger partial charge on any atom is -0.302 e. The maximum absolute atomic E-state index is 12.7. The van der Waals surface area contributed by atoms with Crippen LogP contribution in [0, 0.1) is 13.8 Å². The van der Waals surface area contributed by atoms with E-state index in [-0.39, 0.29) is 15.8 Å². The number of sulfonamides is 1. The number of thiazole rings is 1. The molecule has 0 aliphatic rings. The summed E-state index contributed by atoms with van der Waals surface area (Å²) in [5, 5.41) is 0. The van der Waals surface area contributed by atoms with E-state index in [0.29, 0.717) is 4.70 Å². The van der Waals surface area contributed by atoms with Crippen LogP contribution < -0.4 is 9.60 Å². The first-order valence-electron chi connectivity index (χ1n) is 7.88. The van der Waals surface area contributed by atoms with Crippen LogP contribution in [0.2, 0.25) is 0 Å². The van der Waals surface area contributed by atoms with Crippen molar-refractivity contribution in [2.75, 3.05) is 0 Å². The third-order valence-electron chi connectivity index (χ3n) is 4.30. The van der Waals surface area contributed by atoms with E-state index in [1.165, 1.54) is 10.6 Å². The molecule has 0 spiro atoms. The third kappa shape index (κ3) is 3.40. The molecule has 5 nitrogen and oxygen atoms in total. The zero-order valence-electron chi connectivity index (χ0n) is 14.5. The number of hydrogen-bond acceptors (Lipinski definition) is 4. The summed E-state index contributed by atoms with van der Waals surface area (Å²) in [6.07, 6.45) is 0. The molecular formula is C18H20N2O3S2. The molecule has 2 aromatic carbocycles. The van der Waals surface area contributed by atoms with Crippen LogP contribution in [0.3, 0.4) is 0 Å². The van der Waals surface area contributed by atoms with Gasteiger partial charge in [-0.1, -0.05) is 35.1 Å². The lowest BCUT2D eigenvalue weighted by Gasteiger charge is -2.17. The standard InChI is InChI=1S/C18H20N2O3S2/c1-11-5-7-15(12(2)9-11)13(3)19-25(22,23)14-6-8-16-17(10-14)24-18(21)20(16)4/h5-10,13,19H,1-4H3. The highest BCUT2D eigenvalue weighted by Crippen LogP contribution is 2.24. The van der Waals surface area contributed by atoms with Gasteiger partial charge in [0.2, 0.25) is 10.0 Å². The summed E-state index contributed by atoms with van der Waals surface area (Å²) >= 11 is 1.04. The smallest absolute Gasteiger partial charge is 0.302 e. The van der Waals surface area contributed by atoms with Crippen LogP contribution in [0.25, 0.3) is 10.2 Å². The summed E-state index contributed by atoms with van der Waals surface area (Å²) in [6, 6.07) is 10.4. The lowest BCUT2D eigenvalue weighted by Crippen LogP contribution is -2.27. The van der Waals surface area contributed by atoms with E-state index in [0.717, 1.165) is 33.5 Å². The highest BCUT2D eigenvalue weighted by molar-refractivity contribution is 7.89. The molecule has 1 aromatic heterocycles. The third-order valence-corrected chi connectivity index (χ3v) is 6.83. The zero-order chi connectivity index (χ0) is 18.4. The highest BCUT2D eigenvalue weighted by Gasteiger charge is 2.20. The van der Waals surface area contributed by atoms with Crippen LogP contribution >= 0.6 is 11.3 Å². The largest absolute Gasteiger partial charge is 0.307 e. The molecule has 0 aliphatic carbocycles. The Balaban J connectivity index is 1.94. The fourth-order valence-electron chi connectivity index (χ4n) is 2.96. The number of nitrogens with zero attached hydrogens (tertiary/aromatic N) is 1. The van der Waals surface area contributed by atoms with Crippen LogP contribution in [0.15, 0.2) is 46.1 Å². The van der Waals surface area contributed by atoms with E-state index < -0.39 is 10.0 Å². The number of aryl methyl sites for hydroxylation is 3. The number of fused-ring (bicyclic) bond motifs is 1. The predicted octanol–water partition coefficient (Wildman–Crippen LogP) is 3.26. The number of hydrogen-bond donors (Lipinski definition) is 1. The molecule has 1 atom stereocenters. The highest BCUT2D eigenvalue weighted by atomic mass is 32.2. The first-order chi connectivity index (χ1) is 11.7. The molecule has 25 heavy (non-hydrogen) atoms. The maximum atomic E-state index is 12.7. The van der Waals surface area contributed by atoms with Gasteiger partial charge in [-0.2, -0.15) is 0 Å². The van der Waals surface area contributed by atoms with Crippen LogP contribution in [0.4, 0.5) is 0 Å². The van der Waals surface area contributed by atoms with Crippen molar-refractivity contribution in [2.24, 2.45) is 7.05 Å². The lowest BCUT2D eigenvalue weighted by molar-refractivity contribution is 0.566. The Labute approximate surface area is 151 Å². The minimum atomic E-state index is -3.68. The second kappa shape index (κ2) is 6.40. The number of rotatable bonds is 4. The molecule has 0 aliphatic heterocycles. The van der Waals surface area contributed by atoms with Crippen molar-refractivity contribution in [1.82, 2.24) is 9.29 Å². The van der Waals surface area contributed by atoms with Gasteiger partial charge in [-0.25, -0.2) is 13.1 Å². The van der Waals surface area contributed by atoms with E-state index >= 15 is 0 Å². The molecule has 1 N–H and O–H groups in total. The first-order valence-corrected chi connectivity index (χ1v) is 10.2. The van der Waals surface area contributed by atoms with E-state index in [9.17, 15) is 13.2 Å². The lowest BCUT2D eigenvalue weighted by atomic mass is 10.0. The average molecular weight is 377 g/mol. The summed E-state index contributed by atoms with van der Waals surface area (Å²) in [4.78, 5) is 11.8. The second-order valence-corrected chi connectivity index (χ2v) is 8.97. The number of aromatic nitrogens is 1. The summed E-state index contributed by atoms with van der Waals surface area (Å²) in [7, 11) is -2.01. The van der Waals surface area contributed by atoms with Crippen molar-refractivity contribution in [3.05, 3.63) is 62.8 Å². The van der Waals surface area contributed by atoms with Gasteiger partial charge >= 0.3 is 4.87 Å². The average Bonchev–Trinajstić information content (AvgIpc) is 2.81. The fourth-order valence-corrected chi connectivity index (χ4v) is 5.20. The van der Waals surface area contributed by atoms with Crippen LogP contribution in [0.5, 0.6) is 0 Å². The molecule has 1 heterocycles. The molecule has 132 valence electrons. The van der Waals surface area contributed by atoms with Crippen molar-refractivity contribution < 1.29 is 8.42 Å². The zero-order valence-corrected chi connectivity index (χ0v) is 16.2. The van der Waals surface area contributed by atoms with Crippen molar-refractivity contribution in [2.45, 2.75) is 31.7 Å². The van der Waals surface area contributed by atoms with Gasteiger partial charge in [0.15, 0.2) is 0 Å². The van der Waals surface area contributed by atoms with Gasteiger partial charge in [0.25, 0.3) is 0 Å². The normalized spacial score (nSPS) is 13.3. The molecule has 0 amide bonds. The van der Waals surface area contributed by atoms with E-state index in [2.05, 4.69) is 4.72 Å². The maximum Gasteiger partial charge on any atom is 0.307 e. The summed E-state index contributed by atoms with van der Waals surface area (Å²) in [6.45, 7) is 5.81. The Bertz CT molecular complexity index is 1110. The van der Waals surface area contributed by atoms with Gasteiger partial charge in [-0.05, 0) is 50.1 Å². The van der Waals surface area contributed by atoms with Gasteiger partial charge in [0, 0.05) is 13.1 Å².